The predicted molar refractivity (Wildman–Crippen MR) is 97.5 cm³/mol. The zero-order chi connectivity index (χ0) is 17.4. The molecular weight excluding hydrogens is 312 g/mol. The van der Waals surface area contributed by atoms with E-state index in [9.17, 15) is 4.79 Å². The minimum absolute atomic E-state index is 0.399. The van der Waals surface area contributed by atoms with Crippen molar-refractivity contribution in [3.05, 3.63) is 41.7 Å². The summed E-state index contributed by atoms with van der Waals surface area (Å²) in [6.45, 7) is 2.02. The molecule has 0 saturated heterocycles. The third kappa shape index (κ3) is 3.33. The zero-order valence-corrected chi connectivity index (χ0v) is 15.0. The standard InChI is InChI=1S/C22H28O3/c1-2-3-20(11-21(23)24)25-19-6-4-18(5-7-19)22-12-15-8-16(13-22)10-17(9-15)14-22/h4-7,11,15-17H,2-3,8-10,12-14H2,1H3,(H,23,24)/b20-11-. The van der Waals surface area contributed by atoms with Crippen LogP contribution in [-0.2, 0) is 10.2 Å². The van der Waals surface area contributed by atoms with Gasteiger partial charge < -0.3 is 9.84 Å². The summed E-state index contributed by atoms with van der Waals surface area (Å²) in [5.41, 5.74) is 1.87. The van der Waals surface area contributed by atoms with Crippen molar-refractivity contribution < 1.29 is 14.6 Å². The second kappa shape index (κ2) is 6.51. The van der Waals surface area contributed by atoms with Gasteiger partial charge in [0.2, 0.25) is 0 Å². The van der Waals surface area contributed by atoms with Crippen molar-refractivity contribution in [2.24, 2.45) is 17.8 Å². The molecule has 134 valence electrons. The third-order valence-electron chi connectivity index (χ3n) is 6.53. The third-order valence-corrected chi connectivity index (χ3v) is 6.53. The van der Waals surface area contributed by atoms with E-state index in [2.05, 4.69) is 12.1 Å². The summed E-state index contributed by atoms with van der Waals surface area (Å²) in [5.74, 6) is 3.14. The van der Waals surface area contributed by atoms with E-state index in [4.69, 9.17) is 9.84 Å². The van der Waals surface area contributed by atoms with Crippen molar-refractivity contribution in [1.82, 2.24) is 0 Å². The van der Waals surface area contributed by atoms with Crippen molar-refractivity contribution in [3.63, 3.8) is 0 Å². The van der Waals surface area contributed by atoms with Gasteiger partial charge in [-0.15, -0.1) is 0 Å². The number of hydrogen-bond donors (Lipinski definition) is 1. The highest BCUT2D eigenvalue weighted by molar-refractivity contribution is 5.80. The summed E-state index contributed by atoms with van der Waals surface area (Å²) >= 11 is 0. The molecule has 0 amide bonds. The summed E-state index contributed by atoms with van der Waals surface area (Å²) < 4.78 is 5.82. The molecule has 0 aliphatic heterocycles. The van der Waals surface area contributed by atoms with Crippen molar-refractivity contribution in [3.8, 4) is 5.75 Å². The number of ether oxygens (including phenoxy) is 1. The van der Waals surface area contributed by atoms with Gasteiger partial charge in [-0.25, -0.2) is 4.79 Å². The molecular formula is C22H28O3. The fraction of sp³-hybridized carbons (Fsp3) is 0.591. The van der Waals surface area contributed by atoms with Gasteiger partial charge in [0.25, 0.3) is 0 Å². The highest BCUT2D eigenvalue weighted by atomic mass is 16.5. The lowest BCUT2D eigenvalue weighted by Crippen LogP contribution is -2.48. The first-order valence-corrected chi connectivity index (χ1v) is 9.78. The molecule has 4 saturated carbocycles. The van der Waals surface area contributed by atoms with Gasteiger partial charge in [-0.1, -0.05) is 19.1 Å². The normalized spacial score (nSPS) is 33.5. The van der Waals surface area contributed by atoms with Crippen LogP contribution in [0.2, 0.25) is 0 Å². The molecule has 4 bridgehead atoms. The van der Waals surface area contributed by atoms with E-state index < -0.39 is 5.97 Å². The number of rotatable bonds is 6. The van der Waals surface area contributed by atoms with Crippen molar-refractivity contribution >= 4 is 5.97 Å². The fourth-order valence-corrected chi connectivity index (χ4v) is 6.03. The Labute approximate surface area is 150 Å². The SMILES string of the molecule is CCC/C(=C/C(=O)O)Oc1ccc(C23CC4CC(CC(C4)C2)C3)cc1. The smallest absolute Gasteiger partial charge is 0.331 e. The molecule has 1 aromatic carbocycles. The molecule has 4 aliphatic carbocycles. The van der Waals surface area contributed by atoms with E-state index >= 15 is 0 Å². The van der Waals surface area contributed by atoms with Crippen LogP contribution in [0.5, 0.6) is 5.75 Å². The molecule has 4 aliphatic rings. The zero-order valence-electron chi connectivity index (χ0n) is 15.0. The van der Waals surface area contributed by atoms with Gasteiger partial charge in [0.15, 0.2) is 0 Å². The van der Waals surface area contributed by atoms with Gasteiger partial charge >= 0.3 is 5.97 Å². The number of carboxylic acids is 1. The topological polar surface area (TPSA) is 46.5 Å². The maximum Gasteiger partial charge on any atom is 0.331 e. The van der Waals surface area contributed by atoms with E-state index in [1.165, 1.54) is 50.2 Å². The average molecular weight is 340 g/mol. The fourth-order valence-electron chi connectivity index (χ4n) is 6.03. The predicted octanol–water partition coefficient (Wildman–Crippen LogP) is 5.30. The number of carboxylic acid groups (broad SMARTS) is 1. The average Bonchev–Trinajstić information content (AvgIpc) is 2.54. The highest BCUT2D eigenvalue weighted by Crippen LogP contribution is 2.60. The van der Waals surface area contributed by atoms with Crippen LogP contribution >= 0.6 is 0 Å². The van der Waals surface area contributed by atoms with Crippen molar-refractivity contribution in [2.45, 2.75) is 63.7 Å². The van der Waals surface area contributed by atoms with Crippen LogP contribution < -0.4 is 4.74 Å². The Morgan fingerprint density at radius 2 is 1.68 bits per heavy atom. The Morgan fingerprint density at radius 3 is 2.16 bits per heavy atom. The van der Waals surface area contributed by atoms with Gasteiger partial charge in [0.05, 0.1) is 6.08 Å². The summed E-state index contributed by atoms with van der Waals surface area (Å²) in [6, 6.07) is 8.51. The highest BCUT2D eigenvalue weighted by Gasteiger charge is 2.51. The molecule has 0 spiro atoms. The van der Waals surface area contributed by atoms with Gasteiger partial charge in [0, 0.05) is 6.42 Å². The molecule has 1 N–H and O–H groups in total. The number of benzene rings is 1. The maximum absolute atomic E-state index is 10.9. The summed E-state index contributed by atoms with van der Waals surface area (Å²) in [4.78, 5) is 10.9. The lowest BCUT2D eigenvalue weighted by atomic mass is 9.48. The Morgan fingerprint density at radius 1 is 1.12 bits per heavy atom. The molecule has 3 heteroatoms. The summed E-state index contributed by atoms with van der Waals surface area (Å²) in [7, 11) is 0. The number of hydrogen-bond acceptors (Lipinski definition) is 2. The van der Waals surface area contributed by atoms with E-state index in [0.717, 1.165) is 29.9 Å². The van der Waals surface area contributed by atoms with Crippen LogP contribution in [0.1, 0.15) is 63.9 Å². The summed E-state index contributed by atoms with van der Waals surface area (Å²) in [5, 5.41) is 8.97. The van der Waals surface area contributed by atoms with Crippen LogP contribution in [0.25, 0.3) is 0 Å². The first-order chi connectivity index (χ1) is 12.1. The second-order valence-corrected chi connectivity index (χ2v) is 8.52. The Hall–Kier alpha value is -1.77. The van der Waals surface area contributed by atoms with Gasteiger partial charge in [-0.2, -0.15) is 0 Å². The molecule has 0 heterocycles. The lowest BCUT2D eigenvalue weighted by molar-refractivity contribution is -0.131. The second-order valence-electron chi connectivity index (χ2n) is 8.52. The summed E-state index contributed by atoms with van der Waals surface area (Å²) in [6.07, 6.45) is 11.1. The monoisotopic (exact) mass is 340 g/mol. The van der Waals surface area contributed by atoms with E-state index in [1.54, 1.807) is 0 Å². The van der Waals surface area contributed by atoms with Gasteiger partial charge in [-0.3, -0.25) is 0 Å². The van der Waals surface area contributed by atoms with Crippen LogP contribution in [0.3, 0.4) is 0 Å². The van der Waals surface area contributed by atoms with E-state index in [0.29, 0.717) is 17.6 Å². The lowest BCUT2D eigenvalue weighted by Gasteiger charge is -2.57. The number of allylic oxidation sites excluding steroid dienone is 1. The molecule has 5 rings (SSSR count). The van der Waals surface area contributed by atoms with Crippen LogP contribution in [0, 0.1) is 17.8 Å². The van der Waals surface area contributed by atoms with Crippen LogP contribution in [0.4, 0.5) is 0 Å². The first-order valence-electron chi connectivity index (χ1n) is 9.78. The Balaban J connectivity index is 1.51. The minimum atomic E-state index is -0.950. The quantitative estimate of drug-likeness (QED) is 0.564. The molecule has 4 fully saturated rings. The molecule has 3 nitrogen and oxygen atoms in total. The van der Waals surface area contributed by atoms with Gasteiger partial charge in [0.1, 0.15) is 11.5 Å². The largest absolute Gasteiger partial charge is 0.478 e. The first kappa shape index (κ1) is 16.7. The van der Waals surface area contributed by atoms with Crippen LogP contribution in [-0.4, -0.2) is 11.1 Å². The molecule has 1 aromatic rings. The van der Waals surface area contributed by atoms with Crippen LogP contribution in [0.15, 0.2) is 36.1 Å². The van der Waals surface area contributed by atoms with E-state index in [-0.39, 0.29) is 0 Å². The molecule has 25 heavy (non-hydrogen) atoms. The number of carbonyl (C=O) groups is 1. The molecule has 0 radical (unpaired) electrons. The van der Waals surface area contributed by atoms with Crippen molar-refractivity contribution in [2.75, 3.05) is 0 Å². The Bertz CT molecular complexity index is 636. The molecule has 0 unspecified atom stereocenters. The molecule has 0 aromatic heterocycles. The van der Waals surface area contributed by atoms with Crippen molar-refractivity contribution in [1.29, 1.82) is 0 Å². The number of aliphatic carboxylic acids is 1. The maximum atomic E-state index is 10.9. The minimum Gasteiger partial charge on any atom is -0.478 e. The van der Waals surface area contributed by atoms with E-state index in [1.807, 2.05) is 19.1 Å². The molecule has 0 atom stereocenters. The Kier molecular flexibility index (Phi) is 4.35. The van der Waals surface area contributed by atoms with Gasteiger partial charge in [-0.05, 0) is 85.8 Å².